The van der Waals surface area contributed by atoms with Crippen molar-refractivity contribution in [1.82, 2.24) is 5.32 Å². The Kier molecular flexibility index (Phi) is 5.81. The topological polar surface area (TPSA) is 63.2 Å². The number of sulfone groups is 1. The van der Waals surface area contributed by atoms with Crippen LogP contribution in [0.5, 0.6) is 0 Å². The predicted molar refractivity (Wildman–Crippen MR) is 102 cm³/mol. The van der Waals surface area contributed by atoms with Crippen LogP contribution in [0.1, 0.15) is 23.6 Å². The molecule has 4 nitrogen and oxygen atoms in total. The number of rotatable bonds is 6. The molecular formula is C19H21NO3S2. The van der Waals surface area contributed by atoms with Crippen molar-refractivity contribution >= 4 is 27.5 Å². The van der Waals surface area contributed by atoms with Gasteiger partial charge in [0.05, 0.1) is 23.3 Å². The maximum absolute atomic E-state index is 12.4. The monoisotopic (exact) mass is 375 g/mol. The van der Waals surface area contributed by atoms with Gasteiger partial charge in [0.25, 0.3) is 0 Å². The lowest BCUT2D eigenvalue weighted by atomic mass is 9.99. The van der Waals surface area contributed by atoms with Gasteiger partial charge in [-0.1, -0.05) is 60.7 Å². The van der Waals surface area contributed by atoms with E-state index in [1.54, 1.807) is 0 Å². The third-order valence-electron chi connectivity index (χ3n) is 4.21. The number of carbonyl (C=O) groups excluding carboxylic acids is 1. The Bertz CT molecular complexity index is 768. The summed E-state index contributed by atoms with van der Waals surface area (Å²) in [6, 6.07) is 19.5. The fourth-order valence-electron chi connectivity index (χ4n) is 2.94. The van der Waals surface area contributed by atoms with Crippen LogP contribution >= 0.6 is 11.8 Å². The molecule has 2 aromatic carbocycles. The second-order valence-corrected chi connectivity index (χ2v) is 9.68. The van der Waals surface area contributed by atoms with Crippen molar-refractivity contribution in [3.05, 3.63) is 71.8 Å². The Morgan fingerprint density at radius 1 is 1.04 bits per heavy atom. The second kappa shape index (κ2) is 8.06. The van der Waals surface area contributed by atoms with Gasteiger partial charge in [-0.3, -0.25) is 4.79 Å². The summed E-state index contributed by atoms with van der Waals surface area (Å²) in [6.45, 7) is 0. The molecule has 0 spiro atoms. The number of benzene rings is 2. The maximum atomic E-state index is 12.4. The van der Waals surface area contributed by atoms with E-state index < -0.39 is 9.84 Å². The minimum absolute atomic E-state index is 0.0302. The summed E-state index contributed by atoms with van der Waals surface area (Å²) < 4.78 is 23.0. The Morgan fingerprint density at radius 2 is 1.60 bits per heavy atom. The van der Waals surface area contributed by atoms with E-state index in [4.69, 9.17) is 0 Å². The van der Waals surface area contributed by atoms with Crippen LogP contribution in [-0.2, 0) is 14.6 Å². The van der Waals surface area contributed by atoms with Crippen molar-refractivity contribution in [2.75, 3.05) is 17.3 Å². The smallest absolute Gasteiger partial charge is 0.230 e. The molecule has 0 bridgehead atoms. The van der Waals surface area contributed by atoms with Crippen LogP contribution in [0.4, 0.5) is 0 Å². The zero-order chi connectivity index (χ0) is 17.7. The average Bonchev–Trinajstić information content (AvgIpc) is 2.98. The predicted octanol–water partition coefficient (Wildman–Crippen LogP) is 2.81. The van der Waals surface area contributed by atoms with E-state index in [1.165, 1.54) is 11.8 Å². The molecule has 25 heavy (non-hydrogen) atoms. The molecule has 1 saturated heterocycles. The number of thioether (sulfide) groups is 1. The summed E-state index contributed by atoms with van der Waals surface area (Å²) in [5.74, 6) is 0.623. The molecular weight excluding hydrogens is 354 g/mol. The van der Waals surface area contributed by atoms with Gasteiger partial charge >= 0.3 is 0 Å². The molecule has 1 atom stereocenters. The van der Waals surface area contributed by atoms with Crippen LogP contribution in [0.25, 0.3) is 0 Å². The molecule has 0 aromatic heterocycles. The first-order valence-corrected chi connectivity index (χ1v) is 11.1. The van der Waals surface area contributed by atoms with E-state index in [9.17, 15) is 13.2 Å². The Balaban J connectivity index is 1.65. The van der Waals surface area contributed by atoms with Gasteiger partial charge in [-0.15, -0.1) is 11.8 Å². The minimum atomic E-state index is -2.90. The van der Waals surface area contributed by atoms with Gasteiger partial charge in [-0.2, -0.15) is 0 Å². The summed E-state index contributed by atoms with van der Waals surface area (Å²) >= 11 is 1.44. The molecule has 0 saturated carbocycles. The van der Waals surface area contributed by atoms with E-state index in [2.05, 4.69) is 5.32 Å². The molecule has 6 heteroatoms. The largest absolute Gasteiger partial charge is 0.344 e. The first-order valence-electron chi connectivity index (χ1n) is 8.25. The molecule has 0 aliphatic carbocycles. The van der Waals surface area contributed by atoms with Crippen molar-refractivity contribution in [2.45, 2.75) is 17.7 Å². The number of hydrogen-bond donors (Lipinski definition) is 1. The Morgan fingerprint density at radius 3 is 2.08 bits per heavy atom. The van der Waals surface area contributed by atoms with E-state index >= 15 is 0 Å². The first-order chi connectivity index (χ1) is 12.0. The highest BCUT2D eigenvalue weighted by molar-refractivity contribution is 8.02. The SMILES string of the molecule is O=C(CS[C@H]1CCS(=O)(=O)C1)NC(c1ccccc1)c1ccccc1. The molecule has 3 rings (SSSR count). The molecule has 1 aliphatic rings. The van der Waals surface area contributed by atoms with Gasteiger partial charge in [0.15, 0.2) is 9.84 Å². The number of amides is 1. The lowest BCUT2D eigenvalue weighted by Crippen LogP contribution is -2.31. The van der Waals surface area contributed by atoms with Crippen LogP contribution < -0.4 is 5.32 Å². The molecule has 1 amide bonds. The highest BCUT2D eigenvalue weighted by Crippen LogP contribution is 2.25. The van der Waals surface area contributed by atoms with Gasteiger partial charge < -0.3 is 5.32 Å². The van der Waals surface area contributed by atoms with Crippen LogP contribution in [0.3, 0.4) is 0 Å². The summed E-state index contributed by atoms with van der Waals surface area (Å²) in [5.41, 5.74) is 2.05. The van der Waals surface area contributed by atoms with Gasteiger partial charge in [-0.25, -0.2) is 8.42 Å². The summed E-state index contributed by atoms with van der Waals surface area (Å²) in [5, 5.41) is 3.12. The molecule has 132 valence electrons. The van der Waals surface area contributed by atoms with Crippen molar-refractivity contribution < 1.29 is 13.2 Å². The van der Waals surface area contributed by atoms with Crippen molar-refractivity contribution in [3.63, 3.8) is 0 Å². The highest BCUT2D eigenvalue weighted by Gasteiger charge is 2.28. The Hall–Kier alpha value is -1.79. The van der Waals surface area contributed by atoms with E-state index in [1.807, 2.05) is 60.7 Å². The molecule has 1 heterocycles. The van der Waals surface area contributed by atoms with E-state index in [0.717, 1.165) is 11.1 Å². The second-order valence-electron chi connectivity index (χ2n) is 6.16. The standard InChI is InChI=1S/C19H21NO3S2/c21-18(13-24-17-11-12-25(22,23)14-17)20-19(15-7-3-1-4-8-15)16-9-5-2-6-10-16/h1-10,17,19H,11-14H2,(H,20,21)/t17-/m0/s1. The molecule has 1 N–H and O–H groups in total. The summed E-state index contributed by atoms with van der Waals surface area (Å²) in [6.07, 6.45) is 0.640. The molecule has 2 aromatic rings. The number of nitrogens with one attached hydrogen (secondary N) is 1. The quantitative estimate of drug-likeness (QED) is 0.843. The molecule has 0 radical (unpaired) electrons. The number of hydrogen-bond acceptors (Lipinski definition) is 4. The fourth-order valence-corrected chi connectivity index (χ4v) is 6.39. The molecule has 0 unspecified atom stereocenters. The third kappa shape index (κ3) is 5.09. The van der Waals surface area contributed by atoms with Crippen LogP contribution in [-0.4, -0.2) is 36.8 Å². The zero-order valence-corrected chi connectivity index (χ0v) is 15.4. The normalized spacial score (nSPS) is 19.0. The van der Waals surface area contributed by atoms with Crippen LogP contribution in [0.15, 0.2) is 60.7 Å². The molecule has 1 fully saturated rings. The van der Waals surface area contributed by atoms with Crippen LogP contribution in [0.2, 0.25) is 0 Å². The Labute approximate surface area is 152 Å². The summed E-state index contributed by atoms with van der Waals surface area (Å²) in [7, 11) is -2.90. The summed E-state index contributed by atoms with van der Waals surface area (Å²) in [4.78, 5) is 12.4. The van der Waals surface area contributed by atoms with E-state index in [-0.39, 0.29) is 34.5 Å². The van der Waals surface area contributed by atoms with Crippen LogP contribution in [0, 0.1) is 0 Å². The fraction of sp³-hybridized carbons (Fsp3) is 0.316. The lowest BCUT2D eigenvalue weighted by Gasteiger charge is -2.20. The minimum Gasteiger partial charge on any atom is -0.344 e. The van der Waals surface area contributed by atoms with Gasteiger partial charge in [-0.05, 0) is 17.5 Å². The van der Waals surface area contributed by atoms with Crippen molar-refractivity contribution in [3.8, 4) is 0 Å². The molecule has 1 aliphatic heterocycles. The average molecular weight is 376 g/mol. The third-order valence-corrected chi connectivity index (χ3v) is 7.49. The van der Waals surface area contributed by atoms with E-state index in [0.29, 0.717) is 6.42 Å². The zero-order valence-electron chi connectivity index (χ0n) is 13.8. The maximum Gasteiger partial charge on any atom is 0.230 e. The number of carbonyl (C=O) groups is 1. The van der Waals surface area contributed by atoms with Gasteiger partial charge in [0.2, 0.25) is 5.91 Å². The van der Waals surface area contributed by atoms with Crippen molar-refractivity contribution in [1.29, 1.82) is 0 Å². The first kappa shape index (κ1) is 18.0. The van der Waals surface area contributed by atoms with Gasteiger partial charge in [0, 0.05) is 5.25 Å². The van der Waals surface area contributed by atoms with Crippen molar-refractivity contribution in [2.24, 2.45) is 0 Å². The lowest BCUT2D eigenvalue weighted by molar-refractivity contribution is -0.119. The highest BCUT2D eigenvalue weighted by atomic mass is 32.2. The van der Waals surface area contributed by atoms with Gasteiger partial charge in [0.1, 0.15) is 0 Å².